The van der Waals surface area contributed by atoms with E-state index < -0.39 is 18.2 Å². The van der Waals surface area contributed by atoms with Crippen LogP contribution in [0.15, 0.2) is 91.6 Å². The first kappa shape index (κ1) is 45.3. The van der Waals surface area contributed by atoms with Crippen LogP contribution in [0.4, 0.5) is 9.59 Å². The predicted molar refractivity (Wildman–Crippen MR) is 250 cm³/mol. The van der Waals surface area contributed by atoms with Crippen molar-refractivity contribution in [3.05, 3.63) is 103 Å². The molecule has 1 spiro atoms. The van der Waals surface area contributed by atoms with E-state index in [2.05, 4.69) is 91.2 Å². The van der Waals surface area contributed by atoms with Crippen molar-refractivity contribution in [1.29, 1.82) is 0 Å². The van der Waals surface area contributed by atoms with Gasteiger partial charge >= 0.3 is 12.2 Å². The maximum atomic E-state index is 13.9. The van der Waals surface area contributed by atoms with E-state index in [0.717, 1.165) is 75.3 Å². The molecule has 3 aliphatic rings. The van der Waals surface area contributed by atoms with Crippen LogP contribution in [0.3, 0.4) is 0 Å². The van der Waals surface area contributed by atoms with Gasteiger partial charge in [0.25, 0.3) is 0 Å². The molecule has 3 aromatic carbocycles. The highest BCUT2D eigenvalue weighted by Crippen LogP contribution is 2.58. The van der Waals surface area contributed by atoms with Crippen molar-refractivity contribution in [2.75, 3.05) is 33.9 Å². The Hall–Kier alpha value is -6.85. The number of nitrogens with one attached hydrogen (secondary N) is 4. The van der Waals surface area contributed by atoms with Crippen molar-refractivity contribution in [3.63, 3.8) is 0 Å². The molecule has 3 aromatic heterocycles. The number of imidazole rings is 2. The van der Waals surface area contributed by atoms with Gasteiger partial charge in [-0.1, -0.05) is 76.2 Å². The first-order valence-corrected chi connectivity index (χ1v) is 23.0. The van der Waals surface area contributed by atoms with Crippen LogP contribution in [-0.2, 0) is 19.1 Å². The smallest absolute Gasteiger partial charge is 0.407 e. The number of alkyl carbamates (subject to hydrolysis) is 2. The lowest BCUT2D eigenvalue weighted by Gasteiger charge is -2.30. The number of hydrogen-bond acceptors (Lipinski definition) is 12. The number of ether oxygens (including phenoxy) is 3. The van der Waals surface area contributed by atoms with E-state index in [9.17, 15) is 14.4 Å². The van der Waals surface area contributed by atoms with Crippen molar-refractivity contribution >= 4 is 28.9 Å². The molecule has 5 heterocycles. The zero-order chi connectivity index (χ0) is 46.8. The number of amides is 3. The molecule has 0 unspecified atom stereocenters. The Balaban J connectivity index is 0.879. The summed E-state index contributed by atoms with van der Waals surface area (Å²) in [5, 5.41) is 9.69. The summed E-state index contributed by atoms with van der Waals surface area (Å²) in [4.78, 5) is 71.6. The third-order valence-electron chi connectivity index (χ3n) is 13.4. The molecule has 9 rings (SSSR count). The minimum Gasteiger partial charge on any atom is -0.472 e. The summed E-state index contributed by atoms with van der Waals surface area (Å²) in [6.45, 7) is 9.23. The van der Waals surface area contributed by atoms with Crippen LogP contribution in [0.25, 0.3) is 44.4 Å². The number of benzene rings is 3. The van der Waals surface area contributed by atoms with Crippen LogP contribution in [0.1, 0.15) is 77.1 Å². The van der Waals surface area contributed by atoms with E-state index in [-0.39, 0.29) is 54.0 Å². The van der Waals surface area contributed by atoms with E-state index in [0.29, 0.717) is 25.4 Å². The van der Waals surface area contributed by atoms with Gasteiger partial charge in [0.15, 0.2) is 0 Å². The van der Waals surface area contributed by atoms with E-state index in [1.165, 1.54) is 14.2 Å². The van der Waals surface area contributed by atoms with Gasteiger partial charge in [-0.2, -0.15) is 5.06 Å². The van der Waals surface area contributed by atoms with Crippen LogP contribution >= 0.6 is 0 Å². The van der Waals surface area contributed by atoms with Gasteiger partial charge in [0.2, 0.25) is 11.8 Å². The van der Waals surface area contributed by atoms with Crippen molar-refractivity contribution in [3.8, 4) is 39.5 Å². The molecule has 0 bridgehead atoms. The molecule has 6 aromatic rings. The number of aromatic amines is 2. The number of nitrogens with zero attached hydrogens (tertiary/aromatic N) is 6. The molecule has 2 aliphatic heterocycles. The standard InChI is InChI=1S/C50H58N10O7/c1-29(2)40(57-48(62)64-5)27-66-60-26-37(67-43-25-51-17-18-52-43)21-41(60)45-53-23-38(55-45)32-9-7-31(8-10-32)33-11-12-35-20-36(14-13-34(35)19-33)39-24-54-46(56-39)42-22-50(15-16-50)28-59(42)47(61)44(30(3)4)58-49(63)65-6/h7-14,17-20,23-25,29-30,37,40-42,44H,15-16,21-22,26-28H2,1-6H3,(H,53,55)(H,54,56)(H,57,62)(H,58,63)/t37-,40+,41-,42-,44-/m0/s1. The van der Waals surface area contributed by atoms with Crippen LogP contribution in [0, 0.1) is 17.3 Å². The van der Waals surface area contributed by atoms with Gasteiger partial charge in [-0.05, 0) is 76.1 Å². The third kappa shape index (κ3) is 9.98. The SMILES string of the molecule is COC(=O)N[C@H](C(=O)N1CC2(CC2)C[C@H]1c1ncc(-c2ccc3cc(-c4ccc(-c5cnc([C@@H]6C[C@H](Oc7cnccn7)CN6OC[C@@H](NC(=O)OC)C(C)C)[nH]5)cc4)ccc3c2)[nH]1)C(C)C. The molecule has 0 radical (unpaired) electrons. The maximum absolute atomic E-state index is 13.9. The molecule has 4 N–H and O–H groups in total. The summed E-state index contributed by atoms with van der Waals surface area (Å²) >= 11 is 0. The number of fused-ring (bicyclic) bond motifs is 1. The second-order valence-electron chi connectivity index (χ2n) is 18.7. The van der Waals surface area contributed by atoms with E-state index >= 15 is 0 Å². The van der Waals surface area contributed by atoms with Gasteiger partial charge in [0.05, 0.1) is 75.5 Å². The van der Waals surface area contributed by atoms with Gasteiger partial charge in [-0.3, -0.25) is 14.6 Å². The predicted octanol–water partition coefficient (Wildman–Crippen LogP) is 8.02. The highest BCUT2D eigenvalue weighted by molar-refractivity contribution is 5.91. The van der Waals surface area contributed by atoms with Crippen LogP contribution < -0.4 is 15.4 Å². The number of likely N-dealkylation sites (tertiary alicyclic amines) is 1. The zero-order valence-electron chi connectivity index (χ0n) is 38.7. The fraction of sp³-hybridized carbons (Fsp3) is 0.420. The Labute approximate surface area is 389 Å². The Kier molecular flexibility index (Phi) is 13.0. The van der Waals surface area contributed by atoms with Crippen LogP contribution in [-0.4, -0.2) is 110 Å². The minimum atomic E-state index is -0.692. The van der Waals surface area contributed by atoms with Gasteiger partial charge in [0.1, 0.15) is 23.8 Å². The molecule has 1 saturated carbocycles. The molecule has 17 heteroatoms. The third-order valence-corrected chi connectivity index (χ3v) is 13.4. The first-order valence-electron chi connectivity index (χ1n) is 23.0. The quantitative estimate of drug-likeness (QED) is 0.0774. The summed E-state index contributed by atoms with van der Waals surface area (Å²) in [6, 6.07) is 19.8. The van der Waals surface area contributed by atoms with Gasteiger partial charge in [-0.25, -0.2) is 24.5 Å². The first-order chi connectivity index (χ1) is 32.4. The molecule has 17 nitrogen and oxygen atoms in total. The second-order valence-corrected chi connectivity index (χ2v) is 18.7. The lowest BCUT2D eigenvalue weighted by atomic mass is 9.98. The van der Waals surface area contributed by atoms with Gasteiger partial charge in [0, 0.05) is 30.9 Å². The highest BCUT2D eigenvalue weighted by Gasteiger charge is 2.55. The fourth-order valence-electron chi connectivity index (χ4n) is 9.24. The molecule has 350 valence electrons. The normalized spacial score (nSPS) is 19.8. The number of hydroxylamine groups is 2. The summed E-state index contributed by atoms with van der Waals surface area (Å²) in [5.41, 5.74) is 6.03. The average Bonchev–Trinajstić information content (AvgIpc) is 3.81. The lowest BCUT2D eigenvalue weighted by Crippen LogP contribution is -2.51. The summed E-state index contributed by atoms with van der Waals surface area (Å²) < 4.78 is 15.9. The van der Waals surface area contributed by atoms with Crippen molar-refractivity contribution in [1.82, 2.24) is 50.5 Å². The van der Waals surface area contributed by atoms with Crippen LogP contribution in [0.2, 0.25) is 0 Å². The number of H-pyrrole nitrogens is 2. The number of aromatic nitrogens is 6. The average molecular weight is 911 g/mol. The van der Waals surface area contributed by atoms with Crippen molar-refractivity contribution in [2.45, 2.75) is 83.6 Å². The molecule has 5 atom stereocenters. The molecular weight excluding hydrogens is 853 g/mol. The topological polar surface area (TPSA) is 202 Å². The molecular formula is C50H58N10O7. The highest BCUT2D eigenvalue weighted by atomic mass is 16.7. The molecule has 1 aliphatic carbocycles. The number of methoxy groups -OCH3 is 2. The van der Waals surface area contributed by atoms with E-state index in [1.807, 2.05) is 50.1 Å². The van der Waals surface area contributed by atoms with Gasteiger partial charge in [-0.15, -0.1) is 0 Å². The largest absolute Gasteiger partial charge is 0.472 e. The Morgan fingerprint density at radius 3 is 2.01 bits per heavy atom. The van der Waals surface area contributed by atoms with Crippen molar-refractivity contribution < 1.29 is 33.4 Å². The van der Waals surface area contributed by atoms with Crippen molar-refractivity contribution in [2.24, 2.45) is 17.3 Å². The number of carbonyl (C=O) groups excluding carboxylic acids is 3. The van der Waals surface area contributed by atoms with E-state index in [1.54, 1.807) is 18.6 Å². The zero-order valence-corrected chi connectivity index (χ0v) is 38.7. The minimum absolute atomic E-state index is 0.101. The summed E-state index contributed by atoms with van der Waals surface area (Å²) in [7, 11) is 2.65. The summed E-state index contributed by atoms with van der Waals surface area (Å²) in [5.74, 6) is 1.81. The fourth-order valence-corrected chi connectivity index (χ4v) is 9.24. The van der Waals surface area contributed by atoms with E-state index in [4.69, 9.17) is 29.0 Å². The maximum Gasteiger partial charge on any atom is 0.407 e. The molecule has 2 saturated heterocycles. The Morgan fingerprint density at radius 2 is 1.37 bits per heavy atom. The summed E-state index contributed by atoms with van der Waals surface area (Å²) in [6.07, 6.45) is 10.7. The molecule has 3 fully saturated rings. The molecule has 3 amide bonds. The number of carbonyl (C=O) groups is 3. The number of hydrogen-bond donors (Lipinski definition) is 4. The van der Waals surface area contributed by atoms with Crippen LogP contribution in [0.5, 0.6) is 5.88 Å². The molecule has 67 heavy (non-hydrogen) atoms. The van der Waals surface area contributed by atoms with Gasteiger partial charge < -0.3 is 39.7 Å². The second kappa shape index (κ2) is 19.2. The lowest BCUT2D eigenvalue weighted by molar-refractivity contribution is -0.181. The Morgan fingerprint density at radius 1 is 0.746 bits per heavy atom. The Bertz CT molecular complexity index is 2700. The monoisotopic (exact) mass is 910 g/mol. The number of rotatable bonds is 15.